The second-order valence-corrected chi connectivity index (χ2v) is 7.40. The van der Waals surface area contributed by atoms with Gasteiger partial charge in [-0.05, 0) is 24.5 Å². The fourth-order valence-electron chi connectivity index (χ4n) is 3.25. The van der Waals surface area contributed by atoms with E-state index in [0.717, 1.165) is 45.1 Å². The van der Waals surface area contributed by atoms with Crippen molar-refractivity contribution in [3.63, 3.8) is 0 Å². The van der Waals surface area contributed by atoms with E-state index < -0.39 is 0 Å². The minimum atomic E-state index is -0.00587. The smallest absolute Gasteiger partial charge is 0.230 e. The maximum Gasteiger partial charge on any atom is 0.230 e. The van der Waals surface area contributed by atoms with E-state index in [1.54, 1.807) is 11.3 Å². The van der Waals surface area contributed by atoms with E-state index in [4.69, 9.17) is 0 Å². The van der Waals surface area contributed by atoms with E-state index in [1.165, 1.54) is 0 Å². The van der Waals surface area contributed by atoms with E-state index in [1.807, 2.05) is 65.4 Å². The number of amides is 1. The van der Waals surface area contributed by atoms with Gasteiger partial charge in [0.25, 0.3) is 0 Å². The van der Waals surface area contributed by atoms with Crippen LogP contribution >= 0.6 is 11.3 Å². The second-order valence-electron chi connectivity index (χ2n) is 6.56. The van der Waals surface area contributed by atoms with E-state index in [0.29, 0.717) is 6.42 Å². The van der Waals surface area contributed by atoms with E-state index in [-0.39, 0.29) is 5.91 Å². The van der Waals surface area contributed by atoms with Crippen LogP contribution in [0.3, 0.4) is 0 Å². The molecule has 5 heteroatoms. The molecule has 0 fully saturated rings. The lowest BCUT2D eigenvalue weighted by Crippen LogP contribution is -2.17. The largest absolute Gasteiger partial charge is 0.325 e. The first kappa shape index (κ1) is 17.5. The number of nitrogens with one attached hydrogen (secondary N) is 1. The Morgan fingerprint density at radius 1 is 1.15 bits per heavy atom. The van der Waals surface area contributed by atoms with Gasteiger partial charge in [-0.2, -0.15) is 0 Å². The van der Waals surface area contributed by atoms with Gasteiger partial charge in [0.2, 0.25) is 5.91 Å². The van der Waals surface area contributed by atoms with Gasteiger partial charge in [-0.15, -0.1) is 11.3 Å². The number of benzene rings is 2. The minimum Gasteiger partial charge on any atom is -0.325 e. The predicted molar refractivity (Wildman–Crippen MR) is 111 cm³/mol. The second kappa shape index (κ2) is 7.37. The molecule has 0 aliphatic heterocycles. The summed E-state index contributed by atoms with van der Waals surface area (Å²) in [6, 6.07) is 16.2. The topological polar surface area (TPSA) is 46.4 Å². The Labute approximate surface area is 162 Å². The average Bonchev–Trinajstić information content (AvgIpc) is 3.26. The maximum absolute atomic E-state index is 12.7. The van der Waals surface area contributed by atoms with Crippen LogP contribution in [0.5, 0.6) is 0 Å². The SMILES string of the molecule is CCc1cccc(C)c1NC(=O)Cc1csc2nc(-c3ccccc3)cn12. The molecule has 27 heavy (non-hydrogen) atoms. The van der Waals surface area contributed by atoms with Crippen LogP contribution in [-0.4, -0.2) is 15.3 Å². The molecule has 0 saturated heterocycles. The Balaban J connectivity index is 1.57. The Morgan fingerprint density at radius 3 is 2.74 bits per heavy atom. The number of hydrogen-bond acceptors (Lipinski definition) is 3. The molecule has 0 unspecified atom stereocenters. The third-order valence-corrected chi connectivity index (χ3v) is 5.59. The standard InChI is InChI=1S/C22H21N3OS/c1-3-16-11-7-8-15(2)21(16)24-20(26)12-18-14-27-22-23-19(13-25(18)22)17-9-5-4-6-10-17/h4-11,13-14H,3,12H2,1-2H3,(H,24,26). The summed E-state index contributed by atoms with van der Waals surface area (Å²) in [7, 11) is 0. The molecule has 0 saturated carbocycles. The van der Waals surface area contributed by atoms with Crippen LogP contribution in [0.25, 0.3) is 16.2 Å². The number of carbonyl (C=O) groups excluding carboxylic acids is 1. The molecule has 0 atom stereocenters. The van der Waals surface area contributed by atoms with Crippen LogP contribution in [0.4, 0.5) is 5.69 Å². The summed E-state index contributed by atoms with van der Waals surface area (Å²) in [4.78, 5) is 18.3. The number of aromatic nitrogens is 2. The summed E-state index contributed by atoms with van der Waals surface area (Å²) in [6.07, 6.45) is 3.22. The maximum atomic E-state index is 12.7. The monoisotopic (exact) mass is 375 g/mol. The first-order chi connectivity index (χ1) is 13.2. The van der Waals surface area contributed by atoms with Gasteiger partial charge in [0.05, 0.1) is 12.1 Å². The molecule has 0 spiro atoms. The number of nitrogens with zero attached hydrogens (tertiary/aromatic N) is 2. The van der Waals surface area contributed by atoms with E-state index in [9.17, 15) is 4.79 Å². The highest BCUT2D eigenvalue weighted by Crippen LogP contribution is 2.25. The fourth-order valence-corrected chi connectivity index (χ4v) is 4.13. The van der Waals surface area contributed by atoms with Crippen molar-refractivity contribution in [1.82, 2.24) is 9.38 Å². The first-order valence-corrected chi connectivity index (χ1v) is 9.93. The first-order valence-electron chi connectivity index (χ1n) is 9.05. The van der Waals surface area contributed by atoms with Gasteiger partial charge in [-0.1, -0.05) is 55.5 Å². The fraction of sp³-hybridized carbons (Fsp3) is 0.182. The molecular weight excluding hydrogens is 354 g/mol. The van der Waals surface area contributed by atoms with Crippen molar-refractivity contribution >= 4 is 27.9 Å². The van der Waals surface area contributed by atoms with Crippen molar-refractivity contribution in [3.05, 3.63) is 76.9 Å². The third-order valence-electron chi connectivity index (χ3n) is 4.70. The van der Waals surface area contributed by atoms with Crippen LogP contribution in [-0.2, 0) is 17.6 Å². The highest BCUT2D eigenvalue weighted by Gasteiger charge is 2.14. The lowest BCUT2D eigenvalue weighted by molar-refractivity contribution is -0.115. The van der Waals surface area contributed by atoms with Gasteiger partial charge in [0.15, 0.2) is 4.96 Å². The molecule has 1 N–H and O–H groups in total. The number of carbonyl (C=O) groups is 1. The van der Waals surface area contributed by atoms with Crippen molar-refractivity contribution < 1.29 is 4.79 Å². The van der Waals surface area contributed by atoms with Crippen molar-refractivity contribution in [2.24, 2.45) is 0 Å². The lowest BCUT2D eigenvalue weighted by atomic mass is 10.1. The van der Waals surface area contributed by atoms with E-state index in [2.05, 4.69) is 23.3 Å². The van der Waals surface area contributed by atoms with Crippen LogP contribution < -0.4 is 5.32 Å². The van der Waals surface area contributed by atoms with Gasteiger partial charge < -0.3 is 5.32 Å². The number of thiazole rings is 1. The number of fused-ring (bicyclic) bond motifs is 1. The van der Waals surface area contributed by atoms with Crippen LogP contribution in [0, 0.1) is 6.92 Å². The van der Waals surface area contributed by atoms with Crippen LogP contribution in [0.2, 0.25) is 0 Å². The molecule has 4 nitrogen and oxygen atoms in total. The summed E-state index contributed by atoms with van der Waals surface area (Å²) < 4.78 is 2.02. The molecule has 2 heterocycles. The highest BCUT2D eigenvalue weighted by molar-refractivity contribution is 7.15. The molecule has 0 aliphatic carbocycles. The van der Waals surface area contributed by atoms with E-state index >= 15 is 0 Å². The van der Waals surface area contributed by atoms with Crippen molar-refractivity contribution in [2.75, 3.05) is 5.32 Å². The number of imidazole rings is 1. The van der Waals surface area contributed by atoms with Crippen LogP contribution in [0.15, 0.2) is 60.1 Å². The number of rotatable bonds is 5. The Hall–Kier alpha value is -2.92. The molecule has 1 amide bonds. The molecule has 4 aromatic rings. The quantitative estimate of drug-likeness (QED) is 0.526. The Kier molecular flexibility index (Phi) is 4.77. The van der Waals surface area contributed by atoms with Gasteiger partial charge in [-0.3, -0.25) is 9.20 Å². The summed E-state index contributed by atoms with van der Waals surface area (Å²) in [5, 5.41) is 5.11. The number of hydrogen-bond donors (Lipinski definition) is 1. The summed E-state index contributed by atoms with van der Waals surface area (Å²) in [5.41, 5.74) is 6.15. The van der Waals surface area contributed by atoms with Crippen molar-refractivity contribution in [1.29, 1.82) is 0 Å². The van der Waals surface area contributed by atoms with Gasteiger partial charge in [-0.25, -0.2) is 4.98 Å². The Morgan fingerprint density at radius 2 is 1.96 bits per heavy atom. The molecule has 2 aromatic carbocycles. The number of para-hydroxylation sites is 1. The van der Waals surface area contributed by atoms with Gasteiger partial charge in [0, 0.05) is 28.5 Å². The summed E-state index contributed by atoms with van der Waals surface area (Å²) in [5.74, 6) is -0.00587. The predicted octanol–water partition coefficient (Wildman–Crippen LogP) is 5.11. The van der Waals surface area contributed by atoms with Gasteiger partial charge in [0.1, 0.15) is 0 Å². The molecular formula is C22H21N3OS. The zero-order valence-corrected chi connectivity index (χ0v) is 16.2. The lowest BCUT2D eigenvalue weighted by Gasteiger charge is -2.12. The zero-order chi connectivity index (χ0) is 18.8. The molecule has 2 aromatic heterocycles. The average molecular weight is 375 g/mol. The van der Waals surface area contributed by atoms with Crippen LogP contribution in [0.1, 0.15) is 23.7 Å². The molecule has 0 aliphatic rings. The zero-order valence-electron chi connectivity index (χ0n) is 15.4. The van der Waals surface area contributed by atoms with Crippen molar-refractivity contribution in [3.8, 4) is 11.3 Å². The normalized spacial score (nSPS) is 11.0. The van der Waals surface area contributed by atoms with Crippen molar-refractivity contribution in [2.45, 2.75) is 26.7 Å². The number of aryl methyl sites for hydroxylation is 2. The molecule has 136 valence electrons. The molecule has 0 radical (unpaired) electrons. The molecule has 4 rings (SSSR count). The minimum absolute atomic E-state index is 0.00587. The molecule has 0 bridgehead atoms. The highest BCUT2D eigenvalue weighted by atomic mass is 32.1. The Bertz CT molecular complexity index is 1100. The summed E-state index contributed by atoms with van der Waals surface area (Å²) >= 11 is 1.56. The third kappa shape index (κ3) is 3.51. The van der Waals surface area contributed by atoms with Gasteiger partial charge >= 0.3 is 0 Å². The summed E-state index contributed by atoms with van der Waals surface area (Å²) in [6.45, 7) is 4.13. The number of anilines is 1.